The third kappa shape index (κ3) is 5.88. The fourth-order valence-electron chi connectivity index (χ4n) is 2.78. The number of anilines is 1. The molecule has 0 saturated heterocycles. The number of nitrogens with zero attached hydrogens (tertiary/aromatic N) is 1. The highest BCUT2D eigenvalue weighted by Gasteiger charge is 2.10. The zero-order valence-electron chi connectivity index (χ0n) is 16.7. The zero-order valence-corrected chi connectivity index (χ0v) is 16.7. The molecule has 0 heterocycles. The van der Waals surface area contributed by atoms with Gasteiger partial charge < -0.3 is 15.4 Å². The van der Waals surface area contributed by atoms with E-state index in [4.69, 9.17) is 4.74 Å². The minimum atomic E-state index is -0.385. The summed E-state index contributed by atoms with van der Waals surface area (Å²) in [6, 6.07) is 17.6. The topological polar surface area (TPSA) is 74.2 Å². The van der Waals surface area contributed by atoms with Gasteiger partial charge in [-0.05, 0) is 48.1 Å². The number of carbonyl (C=O) groups excluding carboxylic acids is 1. The lowest BCUT2D eigenvalue weighted by molar-refractivity contribution is -0.117. The predicted octanol–water partition coefficient (Wildman–Crippen LogP) is 4.39. The Morgan fingerprint density at radius 2 is 1.93 bits per heavy atom. The van der Waals surface area contributed by atoms with Crippen LogP contribution in [0, 0.1) is 11.3 Å². The van der Waals surface area contributed by atoms with Crippen LogP contribution >= 0.6 is 0 Å². The molecule has 0 bridgehead atoms. The van der Waals surface area contributed by atoms with Crippen LogP contribution in [0.5, 0.6) is 5.75 Å². The van der Waals surface area contributed by atoms with Gasteiger partial charge in [-0.1, -0.05) is 44.2 Å². The van der Waals surface area contributed by atoms with Crippen molar-refractivity contribution in [2.45, 2.75) is 32.6 Å². The number of nitrogens with one attached hydrogen (secondary N) is 2. The molecule has 0 fully saturated rings. The molecule has 0 spiro atoms. The van der Waals surface area contributed by atoms with E-state index in [2.05, 4.69) is 30.5 Å². The highest BCUT2D eigenvalue weighted by atomic mass is 16.5. The number of methoxy groups -OCH3 is 1. The molecule has 0 aliphatic rings. The number of amides is 1. The minimum absolute atomic E-state index is 0.0497. The fraction of sp³-hybridized carbons (Fsp3) is 0.304. The number of hydrogen-bond donors (Lipinski definition) is 2. The first-order chi connectivity index (χ1) is 13.6. The first kappa shape index (κ1) is 21.0. The molecule has 0 radical (unpaired) electrons. The lowest BCUT2D eigenvalue weighted by atomic mass is 9.97. The molecule has 0 aromatic heterocycles. The van der Waals surface area contributed by atoms with E-state index in [-0.39, 0.29) is 11.5 Å². The van der Waals surface area contributed by atoms with E-state index in [1.807, 2.05) is 48.5 Å². The average Bonchev–Trinajstić information content (AvgIpc) is 2.74. The van der Waals surface area contributed by atoms with Crippen molar-refractivity contribution in [3.63, 3.8) is 0 Å². The Hall–Kier alpha value is -3.26. The van der Waals surface area contributed by atoms with E-state index in [1.54, 1.807) is 7.11 Å². The van der Waals surface area contributed by atoms with Gasteiger partial charge in [-0.2, -0.15) is 5.26 Å². The molecule has 1 unspecified atom stereocenters. The highest BCUT2D eigenvalue weighted by molar-refractivity contribution is 5.97. The van der Waals surface area contributed by atoms with Gasteiger partial charge in [0.15, 0.2) is 0 Å². The molecular weight excluding hydrogens is 350 g/mol. The highest BCUT2D eigenvalue weighted by Crippen LogP contribution is 2.26. The maximum absolute atomic E-state index is 12.3. The summed E-state index contributed by atoms with van der Waals surface area (Å²) >= 11 is 0. The van der Waals surface area contributed by atoms with E-state index in [9.17, 15) is 10.1 Å². The molecule has 146 valence electrons. The summed E-state index contributed by atoms with van der Waals surface area (Å²) in [4.78, 5) is 12.3. The molecule has 2 aromatic rings. The summed E-state index contributed by atoms with van der Waals surface area (Å²) in [5.74, 6) is 0.803. The van der Waals surface area contributed by atoms with E-state index < -0.39 is 0 Å². The normalized spacial score (nSPS) is 12.0. The number of hydrogen-bond acceptors (Lipinski definition) is 4. The molecule has 0 aliphatic carbocycles. The van der Waals surface area contributed by atoms with Crippen LogP contribution in [0.15, 0.2) is 60.3 Å². The summed E-state index contributed by atoms with van der Waals surface area (Å²) in [6.45, 7) is 4.74. The number of rotatable bonds is 9. The third-order valence-corrected chi connectivity index (χ3v) is 4.70. The van der Waals surface area contributed by atoms with Crippen molar-refractivity contribution >= 4 is 11.6 Å². The van der Waals surface area contributed by atoms with Crippen LogP contribution in [0.25, 0.3) is 0 Å². The number of carbonyl (C=O) groups is 1. The van der Waals surface area contributed by atoms with E-state index in [0.29, 0.717) is 18.9 Å². The molecule has 0 saturated carbocycles. The Bertz CT molecular complexity index is 851. The quantitative estimate of drug-likeness (QED) is 0.502. The van der Waals surface area contributed by atoms with Crippen molar-refractivity contribution in [1.82, 2.24) is 5.32 Å². The van der Waals surface area contributed by atoms with Gasteiger partial charge in [0.1, 0.15) is 17.4 Å². The summed E-state index contributed by atoms with van der Waals surface area (Å²) in [5.41, 5.74) is 3.21. The number of ether oxygens (including phenoxy) is 1. The van der Waals surface area contributed by atoms with Crippen LogP contribution in [0.4, 0.5) is 5.69 Å². The lowest BCUT2D eigenvalue weighted by Crippen LogP contribution is -2.27. The molecule has 2 aromatic carbocycles. The zero-order chi connectivity index (χ0) is 20.4. The molecular formula is C23H27N3O2. The second-order valence-electron chi connectivity index (χ2n) is 6.56. The smallest absolute Gasteiger partial charge is 0.263 e. The van der Waals surface area contributed by atoms with E-state index >= 15 is 0 Å². The van der Waals surface area contributed by atoms with Crippen LogP contribution in [0.3, 0.4) is 0 Å². The number of para-hydroxylation sites is 1. The SMILES string of the molecule is CCC(C)c1ccccc1N/C=C(/C#N)C(=O)NCCc1ccc(OC)cc1. The molecule has 28 heavy (non-hydrogen) atoms. The second kappa shape index (κ2) is 10.8. The summed E-state index contributed by atoms with van der Waals surface area (Å²) < 4.78 is 5.13. The summed E-state index contributed by atoms with van der Waals surface area (Å²) in [5, 5.41) is 15.3. The Morgan fingerprint density at radius 1 is 1.21 bits per heavy atom. The van der Waals surface area contributed by atoms with E-state index in [0.717, 1.165) is 23.4 Å². The summed E-state index contributed by atoms with van der Waals surface area (Å²) in [7, 11) is 1.63. The van der Waals surface area contributed by atoms with Crippen molar-refractivity contribution in [2.75, 3.05) is 19.0 Å². The van der Waals surface area contributed by atoms with Crippen molar-refractivity contribution in [1.29, 1.82) is 5.26 Å². The lowest BCUT2D eigenvalue weighted by Gasteiger charge is -2.14. The van der Waals surface area contributed by atoms with Crippen LogP contribution < -0.4 is 15.4 Å². The predicted molar refractivity (Wildman–Crippen MR) is 112 cm³/mol. The molecule has 0 aliphatic heterocycles. The second-order valence-corrected chi connectivity index (χ2v) is 6.56. The van der Waals surface area contributed by atoms with Gasteiger partial charge in [-0.15, -0.1) is 0 Å². The van der Waals surface area contributed by atoms with Crippen molar-refractivity contribution in [3.05, 3.63) is 71.4 Å². The van der Waals surface area contributed by atoms with Gasteiger partial charge in [-0.25, -0.2) is 0 Å². The Kier molecular flexibility index (Phi) is 8.11. The van der Waals surface area contributed by atoms with E-state index in [1.165, 1.54) is 11.8 Å². The minimum Gasteiger partial charge on any atom is -0.497 e. The third-order valence-electron chi connectivity index (χ3n) is 4.70. The van der Waals surface area contributed by atoms with Crippen molar-refractivity contribution in [2.24, 2.45) is 0 Å². The van der Waals surface area contributed by atoms with Crippen LogP contribution in [-0.4, -0.2) is 19.6 Å². The molecule has 1 amide bonds. The van der Waals surface area contributed by atoms with Crippen molar-refractivity contribution in [3.8, 4) is 11.8 Å². The Labute approximate surface area is 167 Å². The molecule has 2 N–H and O–H groups in total. The average molecular weight is 377 g/mol. The van der Waals surface area contributed by atoms with Crippen LogP contribution in [0.2, 0.25) is 0 Å². The molecule has 1 atom stereocenters. The van der Waals surface area contributed by atoms with Gasteiger partial charge in [0, 0.05) is 18.4 Å². The Balaban J connectivity index is 1.95. The Morgan fingerprint density at radius 3 is 2.57 bits per heavy atom. The van der Waals surface area contributed by atoms with Crippen LogP contribution in [0.1, 0.15) is 37.3 Å². The largest absolute Gasteiger partial charge is 0.497 e. The molecule has 5 nitrogen and oxygen atoms in total. The first-order valence-electron chi connectivity index (χ1n) is 9.45. The van der Waals surface area contributed by atoms with Gasteiger partial charge in [0.2, 0.25) is 0 Å². The van der Waals surface area contributed by atoms with Gasteiger partial charge in [-0.3, -0.25) is 4.79 Å². The van der Waals surface area contributed by atoms with Crippen molar-refractivity contribution < 1.29 is 9.53 Å². The number of nitriles is 1. The maximum Gasteiger partial charge on any atom is 0.263 e. The van der Waals surface area contributed by atoms with Gasteiger partial charge in [0.05, 0.1) is 7.11 Å². The maximum atomic E-state index is 12.3. The van der Waals surface area contributed by atoms with Gasteiger partial charge in [0.25, 0.3) is 5.91 Å². The molecule has 5 heteroatoms. The van der Waals surface area contributed by atoms with Gasteiger partial charge >= 0.3 is 0 Å². The first-order valence-corrected chi connectivity index (χ1v) is 9.45. The number of benzene rings is 2. The summed E-state index contributed by atoms with van der Waals surface area (Å²) in [6.07, 6.45) is 3.17. The molecule has 2 rings (SSSR count). The monoisotopic (exact) mass is 377 g/mol. The standard InChI is InChI=1S/C23H27N3O2/c1-4-17(2)21-7-5-6-8-22(21)26-16-19(15-24)23(27)25-14-13-18-9-11-20(28-3)12-10-18/h5-12,16-17,26H,4,13-14H2,1-3H3,(H,25,27)/b19-16-. The fourth-order valence-corrected chi connectivity index (χ4v) is 2.78. The van der Waals surface area contributed by atoms with Crippen LogP contribution in [-0.2, 0) is 11.2 Å².